The van der Waals surface area contributed by atoms with Gasteiger partial charge in [-0.2, -0.15) is 5.26 Å². The van der Waals surface area contributed by atoms with Gasteiger partial charge in [-0.15, -0.1) is 0 Å². The Morgan fingerprint density at radius 1 is 1.50 bits per heavy atom. The molecule has 0 amide bonds. The minimum absolute atomic E-state index is 0.221. The molecule has 1 aromatic carbocycles. The van der Waals surface area contributed by atoms with Crippen molar-refractivity contribution in [1.82, 2.24) is 4.98 Å². The Bertz CT molecular complexity index is 498. The fourth-order valence-electron chi connectivity index (χ4n) is 1.24. The van der Waals surface area contributed by atoms with Crippen molar-refractivity contribution in [3.8, 4) is 6.07 Å². The van der Waals surface area contributed by atoms with Crippen LogP contribution in [0.3, 0.4) is 0 Å². The van der Waals surface area contributed by atoms with Gasteiger partial charge in [-0.05, 0) is 17.7 Å². The van der Waals surface area contributed by atoms with Gasteiger partial charge < -0.3 is 4.42 Å². The molecule has 3 nitrogen and oxygen atoms in total. The lowest BCUT2D eigenvalue weighted by Crippen LogP contribution is -1.78. The van der Waals surface area contributed by atoms with Crippen molar-refractivity contribution in [2.75, 3.05) is 0 Å². The van der Waals surface area contributed by atoms with Crippen molar-refractivity contribution in [3.05, 3.63) is 29.7 Å². The van der Waals surface area contributed by atoms with E-state index in [0.717, 1.165) is 22.0 Å². The molecule has 70 valence electrons. The number of fused-ring (bicyclic) bond motifs is 1. The maximum atomic E-state index is 8.49. The highest BCUT2D eigenvalue weighted by molar-refractivity contribution is 9.08. The molecule has 0 aliphatic heterocycles. The minimum atomic E-state index is 0.221. The maximum Gasteiger partial charge on any atom is 0.209 e. The molecule has 0 fully saturated rings. The van der Waals surface area contributed by atoms with E-state index in [2.05, 4.69) is 20.9 Å². The zero-order valence-electron chi connectivity index (χ0n) is 7.33. The molecular formula is C10H7BrN2O. The van der Waals surface area contributed by atoms with Gasteiger partial charge in [-0.1, -0.05) is 22.0 Å². The van der Waals surface area contributed by atoms with Gasteiger partial charge in [0.05, 0.1) is 6.07 Å². The Morgan fingerprint density at radius 2 is 2.36 bits per heavy atom. The van der Waals surface area contributed by atoms with Gasteiger partial charge in [-0.3, -0.25) is 0 Å². The number of nitriles is 1. The molecule has 0 spiro atoms. The van der Waals surface area contributed by atoms with Crippen LogP contribution < -0.4 is 0 Å². The van der Waals surface area contributed by atoms with Gasteiger partial charge >= 0.3 is 0 Å². The van der Waals surface area contributed by atoms with Crippen LogP contribution in [0.5, 0.6) is 0 Å². The number of oxazole rings is 1. The average Bonchev–Trinajstić information content (AvgIpc) is 2.59. The maximum absolute atomic E-state index is 8.49. The third-order valence-electron chi connectivity index (χ3n) is 1.88. The monoisotopic (exact) mass is 250 g/mol. The van der Waals surface area contributed by atoms with Crippen LogP contribution >= 0.6 is 15.9 Å². The van der Waals surface area contributed by atoms with E-state index < -0.39 is 0 Å². The predicted molar refractivity (Wildman–Crippen MR) is 56.0 cm³/mol. The Kier molecular flexibility index (Phi) is 2.51. The van der Waals surface area contributed by atoms with Crippen LogP contribution in [-0.4, -0.2) is 4.98 Å². The Balaban J connectivity index is 2.50. The van der Waals surface area contributed by atoms with E-state index in [4.69, 9.17) is 9.68 Å². The van der Waals surface area contributed by atoms with E-state index >= 15 is 0 Å². The second-order valence-corrected chi connectivity index (χ2v) is 3.44. The van der Waals surface area contributed by atoms with Crippen molar-refractivity contribution in [2.45, 2.75) is 11.8 Å². The molecule has 0 aliphatic carbocycles. The van der Waals surface area contributed by atoms with Gasteiger partial charge in [0.15, 0.2) is 5.58 Å². The smallest absolute Gasteiger partial charge is 0.209 e. The highest BCUT2D eigenvalue weighted by Gasteiger charge is 2.05. The summed E-state index contributed by atoms with van der Waals surface area (Å²) in [6, 6.07) is 7.82. The van der Waals surface area contributed by atoms with E-state index in [1.165, 1.54) is 0 Å². The molecule has 0 saturated heterocycles. The first-order valence-electron chi connectivity index (χ1n) is 4.15. The summed E-state index contributed by atoms with van der Waals surface area (Å²) in [4.78, 5) is 4.17. The largest absolute Gasteiger partial charge is 0.440 e. The Hall–Kier alpha value is -1.34. The quantitative estimate of drug-likeness (QED) is 0.771. The summed E-state index contributed by atoms with van der Waals surface area (Å²) in [7, 11) is 0. The summed E-state index contributed by atoms with van der Waals surface area (Å²) < 4.78 is 5.40. The van der Waals surface area contributed by atoms with E-state index in [1.807, 2.05) is 24.3 Å². The molecule has 1 heterocycles. The molecule has 14 heavy (non-hydrogen) atoms. The molecule has 2 rings (SSSR count). The van der Waals surface area contributed by atoms with Crippen molar-refractivity contribution < 1.29 is 4.42 Å². The lowest BCUT2D eigenvalue weighted by Gasteiger charge is -1.91. The fourth-order valence-corrected chi connectivity index (χ4v) is 1.59. The van der Waals surface area contributed by atoms with E-state index in [-0.39, 0.29) is 6.42 Å². The van der Waals surface area contributed by atoms with Crippen LogP contribution in [0, 0.1) is 11.3 Å². The molecule has 0 unspecified atom stereocenters. The van der Waals surface area contributed by atoms with Crippen LogP contribution in [-0.2, 0) is 11.8 Å². The van der Waals surface area contributed by atoms with Gasteiger partial charge in [0.25, 0.3) is 0 Å². The molecule has 0 saturated carbocycles. The fraction of sp³-hybridized carbons (Fsp3) is 0.200. The van der Waals surface area contributed by atoms with Crippen molar-refractivity contribution >= 4 is 27.0 Å². The normalized spacial score (nSPS) is 10.3. The van der Waals surface area contributed by atoms with Crippen LogP contribution in [0.1, 0.15) is 11.5 Å². The van der Waals surface area contributed by atoms with E-state index in [9.17, 15) is 0 Å². The molecule has 0 radical (unpaired) electrons. The van der Waals surface area contributed by atoms with E-state index in [1.54, 1.807) is 0 Å². The molecule has 0 atom stereocenters. The number of nitrogens with zero attached hydrogens (tertiary/aromatic N) is 2. The lowest BCUT2D eigenvalue weighted by atomic mass is 10.2. The van der Waals surface area contributed by atoms with Crippen molar-refractivity contribution in [3.63, 3.8) is 0 Å². The number of rotatable bonds is 2. The van der Waals surface area contributed by atoms with Gasteiger partial charge in [0, 0.05) is 5.33 Å². The molecule has 0 N–H and O–H groups in total. The number of aromatic nitrogens is 1. The number of alkyl halides is 1. The van der Waals surface area contributed by atoms with Crippen LogP contribution in [0.4, 0.5) is 0 Å². The first-order chi connectivity index (χ1) is 6.83. The summed E-state index contributed by atoms with van der Waals surface area (Å²) in [5, 5.41) is 9.28. The predicted octanol–water partition coefficient (Wildman–Crippen LogP) is 2.79. The third-order valence-corrected chi connectivity index (χ3v) is 2.53. The first-order valence-corrected chi connectivity index (χ1v) is 5.27. The van der Waals surface area contributed by atoms with Gasteiger partial charge in [0.1, 0.15) is 11.9 Å². The minimum Gasteiger partial charge on any atom is -0.440 e. The summed E-state index contributed by atoms with van der Waals surface area (Å²) in [6.45, 7) is 0. The zero-order chi connectivity index (χ0) is 9.97. The SMILES string of the molecule is N#CCc1nc2ccc(CBr)cc2o1. The van der Waals surface area contributed by atoms with Gasteiger partial charge in [0.2, 0.25) is 5.89 Å². The Morgan fingerprint density at radius 3 is 3.07 bits per heavy atom. The highest BCUT2D eigenvalue weighted by atomic mass is 79.9. The summed E-state index contributed by atoms with van der Waals surface area (Å²) >= 11 is 3.37. The molecular weight excluding hydrogens is 244 g/mol. The van der Waals surface area contributed by atoms with Crippen LogP contribution in [0.2, 0.25) is 0 Å². The lowest BCUT2D eigenvalue weighted by molar-refractivity contribution is 0.548. The highest BCUT2D eigenvalue weighted by Crippen LogP contribution is 2.18. The first kappa shape index (κ1) is 9.22. The molecule has 1 aromatic heterocycles. The average molecular weight is 251 g/mol. The van der Waals surface area contributed by atoms with Gasteiger partial charge in [-0.25, -0.2) is 4.98 Å². The molecule has 0 aliphatic rings. The number of benzene rings is 1. The molecule has 4 heteroatoms. The zero-order valence-corrected chi connectivity index (χ0v) is 8.91. The summed E-state index contributed by atoms with van der Waals surface area (Å²) in [6.07, 6.45) is 0.221. The number of hydrogen-bond acceptors (Lipinski definition) is 3. The second-order valence-electron chi connectivity index (χ2n) is 2.88. The number of halogens is 1. The second kappa shape index (κ2) is 3.81. The van der Waals surface area contributed by atoms with Crippen molar-refractivity contribution in [2.24, 2.45) is 0 Å². The summed E-state index contributed by atoms with van der Waals surface area (Å²) in [5.41, 5.74) is 2.68. The Labute approximate surface area is 89.5 Å². The number of hydrogen-bond donors (Lipinski definition) is 0. The summed E-state index contributed by atoms with van der Waals surface area (Å²) in [5.74, 6) is 0.481. The topological polar surface area (TPSA) is 49.8 Å². The van der Waals surface area contributed by atoms with Crippen LogP contribution in [0.15, 0.2) is 22.6 Å². The third kappa shape index (κ3) is 1.64. The molecule has 0 bridgehead atoms. The molecule has 2 aromatic rings. The van der Waals surface area contributed by atoms with Crippen molar-refractivity contribution in [1.29, 1.82) is 5.26 Å². The standard InChI is InChI=1S/C10H7BrN2O/c11-6-7-1-2-8-9(5-7)14-10(13-8)3-4-12/h1-2,5H,3,6H2. The van der Waals surface area contributed by atoms with E-state index in [0.29, 0.717) is 5.89 Å². The van der Waals surface area contributed by atoms with Crippen LogP contribution in [0.25, 0.3) is 11.1 Å².